The summed E-state index contributed by atoms with van der Waals surface area (Å²) in [6, 6.07) is 0.539. The van der Waals surface area contributed by atoms with Crippen molar-refractivity contribution in [1.29, 1.82) is 0 Å². The number of likely N-dealkylation sites (N-methyl/N-ethyl adjacent to an activating group) is 1. The average molecular weight is 257 g/mol. The molecule has 1 rings (SSSR count). The van der Waals surface area contributed by atoms with Gasteiger partial charge in [0.2, 0.25) is 0 Å². The van der Waals surface area contributed by atoms with Gasteiger partial charge in [-0.2, -0.15) is 0 Å². The molecule has 0 radical (unpaired) electrons. The third kappa shape index (κ3) is 5.25. The van der Waals surface area contributed by atoms with Crippen LogP contribution in [0.15, 0.2) is 0 Å². The van der Waals surface area contributed by atoms with E-state index in [0.29, 0.717) is 12.1 Å². The summed E-state index contributed by atoms with van der Waals surface area (Å²) < 4.78 is 11.5. The third-order valence-corrected chi connectivity index (χ3v) is 4.11. The van der Waals surface area contributed by atoms with Gasteiger partial charge in [-0.15, -0.1) is 0 Å². The van der Waals surface area contributed by atoms with Crippen molar-refractivity contribution in [3.63, 3.8) is 0 Å². The standard InChI is InChI=1S/C15H31NO2/c1-6-16-13-8-7-12(2)11-14(13)18-10-9-15(3,4)17-5/h12-14,16H,6-11H2,1-5H3. The van der Waals surface area contributed by atoms with Gasteiger partial charge in [-0.3, -0.25) is 0 Å². The molecular weight excluding hydrogens is 226 g/mol. The molecule has 3 nitrogen and oxygen atoms in total. The van der Waals surface area contributed by atoms with Crippen molar-refractivity contribution in [2.45, 2.75) is 71.1 Å². The second-order valence-electron chi connectivity index (χ2n) is 6.21. The molecule has 1 aliphatic rings. The predicted octanol–water partition coefficient (Wildman–Crippen LogP) is 2.98. The van der Waals surface area contributed by atoms with E-state index in [1.807, 2.05) is 0 Å². The lowest BCUT2D eigenvalue weighted by molar-refractivity contribution is -0.0483. The quantitative estimate of drug-likeness (QED) is 0.760. The van der Waals surface area contributed by atoms with Crippen LogP contribution in [-0.2, 0) is 9.47 Å². The van der Waals surface area contributed by atoms with Crippen LogP contribution in [0.5, 0.6) is 0 Å². The Labute approximate surface area is 113 Å². The van der Waals surface area contributed by atoms with E-state index in [-0.39, 0.29) is 5.60 Å². The number of rotatable bonds is 7. The molecule has 3 heteroatoms. The molecule has 18 heavy (non-hydrogen) atoms. The van der Waals surface area contributed by atoms with Crippen LogP contribution in [0, 0.1) is 5.92 Å². The van der Waals surface area contributed by atoms with Crippen LogP contribution in [0.2, 0.25) is 0 Å². The molecule has 1 saturated carbocycles. The highest BCUT2D eigenvalue weighted by atomic mass is 16.5. The van der Waals surface area contributed by atoms with E-state index in [1.165, 1.54) is 19.3 Å². The van der Waals surface area contributed by atoms with Crippen molar-refractivity contribution in [3.8, 4) is 0 Å². The molecule has 0 aromatic rings. The lowest BCUT2D eigenvalue weighted by Crippen LogP contribution is -2.45. The van der Waals surface area contributed by atoms with Crippen molar-refractivity contribution >= 4 is 0 Å². The van der Waals surface area contributed by atoms with E-state index >= 15 is 0 Å². The molecule has 0 amide bonds. The summed E-state index contributed by atoms with van der Waals surface area (Å²) in [4.78, 5) is 0. The summed E-state index contributed by atoms with van der Waals surface area (Å²) in [6.45, 7) is 10.5. The van der Waals surface area contributed by atoms with Crippen LogP contribution in [0.1, 0.15) is 53.4 Å². The van der Waals surface area contributed by atoms with E-state index in [9.17, 15) is 0 Å². The van der Waals surface area contributed by atoms with Crippen molar-refractivity contribution in [1.82, 2.24) is 5.32 Å². The normalized spacial score (nSPS) is 29.5. The number of hydrogen-bond acceptors (Lipinski definition) is 3. The Morgan fingerprint density at radius 3 is 2.61 bits per heavy atom. The Morgan fingerprint density at radius 2 is 2.00 bits per heavy atom. The second kappa shape index (κ2) is 7.46. The Hall–Kier alpha value is -0.120. The minimum Gasteiger partial charge on any atom is -0.379 e. The maximum Gasteiger partial charge on any atom is 0.0730 e. The fraction of sp³-hybridized carbons (Fsp3) is 1.00. The van der Waals surface area contributed by atoms with Gasteiger partial charge in [-0.05, 0) is 52.0 Å². The lowest BCUT2D eigenvalue weighted by atomic mass is 9.85. The van der Waals surface area contributed by atoms with Crippen molar-refractivity contribution < 1.29 is 9.47 Å². The maximum absolute atomic E-state index is 6.11. The fourth-order valence-electron chi connectivity index (χ4n) is 2.57. The molecule has 1 aliphatic carbocycles. The fourth-order valence-corrected chi connectivity index (χ4v) is 2.57. The smallest absolute Gasteiger partial charge is 0.0730 e. The van der Waals surface area contributed by atoms with Crippen LogP contribution in [-0.4, -0.2) is 38.0 Å². The van der Waals surface area contributed by atoms with Crippen LogP contribution < -0.4 is 5.32 Å². The van der Waals surface area contributed by atoms with Gasteiger partial charge < -0.3 is 14.8 Å². The van der Waals surface area contributed by atoms with Gasteiger partial charge in [0, 0.05) is 19.8 Å². The molecule has 1 fully saturated rings. The number of ether oxygens (including phenoxy) is 2. The Morgan fingerprint density at radius 1 is 1.28 bits per heavy atom. The molecule has 0 saturated heterocycles. The van der Waals surface area contributed by atoms with Gasteiger partial charge >= 0.3 is 0 Å². The largest absolute Gasteiger partial charge is 0.379 e. The summed E-state index contributed by atoms with van der Waals surface area (Å²) in [5.41, 5.74) is -0.0754. The van der Waals surface area contributed by atoms with Crippen molar-refractivity contribution in [2.24, 2.45) is 5.92 Å². The Bertz CT molecular complexity index is 231. The van der Waals surface area contributed by atoms with E-state index in [4.69, 9.17) is 9.47 Å². The Balaban J connectivity index is 2.36. The molecule has 1 N–H and O–H groups in total. The second-order valence-corrected chi connectivity index (χ2v) is 6.21. The molecule has 108 valence electrons. The summed E-state index contributed by atoms with van der Waals surface area (Å²) in [5, 5.41) is 3.56. The molecule has 0 spiro atoms. The highest BCUT2D eigenvalue weighted by Gasteiger charge is 2.29. The lowest BCUT2D eigenvalue weighted by Gasteiger charge is -2.36. The van der Waals surface area contributed by atoms with E-state index < -0.39 is 0 Å². The van der Waals surface area contributed by atoms with Crippen LogP contribution in [0.25, 0.3) is 0 Å². The molecule has 0 bridgehead atoms. The summed E-state index contributed by atoms with van der Waals surface area (Å²) in [7, 11) is 1.77. The minimum atomic E-state index is -0.0754. The summed E-state index contributed by atoms with van der Waals surface area (Å²) in [6.07, 6.45) is 5.08. The first-order valence-electron chi connectivity index (χ1n) is 7.38. The van der Waals surface area contributed by atoms with E-state index in [1.54, 1.807) is 7.11 Å². The first kappa shape index (κ1) is 15.9. The van der Waals surface area contributed by atoms with E-state index in [0.717, 1.165) is 25.5 Å². The zero-order chi connectivity index (χ0) is 13.6. The SMILES string of the molecule is CCNC1CCC(C)CC1OCCC(C)(C)OC. The summed E-state index contributed by atoms with van der Waals surface area (Å²) >= 11 is 0. The maximum atomic E-state index is 6.11. The first-order chi connectivity index (χ1) is 8.48. The van der Waals surface area contributed by atoms with Gasteiger partial charge in [0.1, 0.15) is 0 Å². The number of methoxy groups -OCH3 is 1. The van der Waals surface area contributed by atoms with Crippen LogP contribution in [0.3, 0.4) is 0 Å². The van der Waals surface area contributed by atoms with Crippen LogP contribution >= 0.6 is 0 Å². The van der Waals surface area contributed by atoms with Crippen molar-refractivity contribution in [2.75, 3.05) is 20.3 Å². The minimum absolute atomic E-state index is 0.0754. The highest BCUT2D eigenvalue weighted by molar-refractivity contribution is 4.84. The average Bonchev–Trinajstić information content (AvgIpc) is 2.32. The molecule has 0 heterocycles. The molecule has 3 unspecified atom stereocenters. The molecule has 0 aliphatic heterocycles. The summed E-state index contributed by atoms with van der Waals surface area (Å²) in [5.74, 6) is 0.792. The number of hydrogen-bond donors (Lipinski definition) is 1. The van der Waals surface area contributed by atoms with Gasteiger partial charge in [0.15, 0.2) is 0 Å². The third-order valence-electron chi connectivity index (χ3n) is 4.11. The number of nitrogens with one attached hydrogen (secondary N) is 1. The highest BCUT2D eigenvalue weighted by Crippen LogP contribution is 2.27. The molecule has 0 aromatic carbocycles. The zero-order valence-corrected chi connectivity index (χ0v) is 12.8. The Kier molecular flexibility index (Phi) is 6.61. The van der Waals surface area contributed by atoms with Gasteiger partial charge in [0.05, 0.1) is 11.7 Å². The first-order valence-corrected chi connectivity index (χ1v) is 7.38. The molecule has 0 aromatic heterocycles. The van der Waals surface area contributed by atoms with Gasteiger partial charge in [0.25, 0.3) is 0 Å². The van der Waals surface area contributed by atoms with E-state index in [2.05, 4.69) is 33.0 Å². The van der Waals surface area contributed by atoms with Crippen molar-refractivity contribution in [3.05, 3.63) is 0 Å². The molecule has 3 atom stereocenters. The monoisotopic (exact) mass is 257 g/mol. The zero-order valence-electron chi connectivity index (χ0n) is 12.8. The molecular formula is C15H31NO2. The topological polar surface area (TPSA) is 30.5 Å². The predicted molar refractivity (Wildman–Crippen MR) is 75.9 cm³/mol. The van der Waals surface area contributed by atoms with Gasteiger partial charge in [-0.25, -0.2) is 0 Å². The van der Waals surface area contributed by atoms with Gasteiger partial charge in [-0.1, -0.05) is 13.8 Å². The van der Waals surface area contributed by atoms with Crippen LogP contribution in [0.4, 0.5) is 0 Å².